The lowest BCUT2D eigenvalue weighted by atomic mass is 10.1. The number of nitrogens with zero attached hydrogens (tertiary/aromatic N) is 2. The van der Waals surface area contributed by atoms with Gasteiger partial charge >= 0.3 is 0 Å². The molecule has 0 aliphatic carbocycles. The molecule has 22 heavy (non-hydrogen) atoms. The molecule has 0 unspecified atom stereocenters. The lowest BCUT2D eigenvalue weighted by molar-refractivity contribution is -0.119. The van der Waals surface area contributed by atoms with Crippen molar-refractivity contribution in [1.29, 1.82) is 0 Å². The van der Waals surface area contributed by atoms with Gasteiger partial charge in [-0.1, -0.05) is 20.8 Å². The molecule has 1 N–H and O–H groups in total. The van der Waals surface area contributed by atoms with Crippen LogP contribution in [0.2, 0.25) is 0 Å². The van der Waals surface area contributed by atoms with Gasteiger partial charge < -0.3 is 15.1 Å². The average Bonchev–Trinajstić information content (AvgIpc) is 2.47. The highest BCUT2D eigenvalue weighted by Gasteiger charge is 2.24. The first-order chi connectivity index (χ1) is 10.5. The maximum absolute atomic E-state index is 13.6. The highest BCUT2D eigenvalue weighted by Crippen LogP contribution is 2.33. The van der Waals surface area contributed by atoms with E-state index in [1.54, 1.807) is 0 Å². The first kappa shape index (κ1) is 16.6. The van der Waals surface area contributed by atoms with E-state index >= 15 is 0 Å². The number of rotatable bonds is 6. The smallest absolute Gasteiger partial charge is 0.239 e. The van der Waals surface area contributed by atoms with Crippen molar-refractivity contribution in [3.8, 4) is 0 Å². The Morgan fingerprint density at radius 3 is 2.68 bits per heavy atom. The Morgan fingerprint density at radius 1 is 1.27 bits per heavy atom. The molecule has 0 radical (unpaired) electrons. The van der Waals surface area contributed by atoms with E-state index in [2.05, 4.69) is 31.0 Å². The summed E-state index contributed by atoms with van der Waals surface area (Å²) < 4.78 is 13.6. The summed E-state index contributed by atoms with van der Waals surface area (Å²) in [5.74, 6) is 0.160. The largest absolute Gasteiger partial charge is 0.368 e. The zero-order chi connectivity index (χ0) is 16.1. The molecule has 0 saturated carbocycles. The van der Waals surface area contributed by atoms with Crippen molar-refractivity contribution in [3.63, 3.8) is 0 Å². The molecule has 4 nitrogen and oxygen atoms in total. The minimum Gasteiger partial charge on any atom is -0.368 e. The van der Waals surface area contributed by atoms with Crippen LogP contribution >= 0.6 is 0 Å². The van der Waals surface area contributed by atoms with Crippen LogP contribution in [-0.2, 0) is 4.79 Å². The van der Waals surface area contributed by atoms with Crippen molar-refractivity contribution in [2.75, 3.05) is 42.5 Å². The molecule has 1 heterocycles. The monoisotopic (exact) mass is 307 g/mol. The van der Waals surface area contributed by atoms with E-state index in [4.69, 9.17) is 0 Å². The molecule has 1 aromatic carbocycles. The fraction of sp³-hybridized carbons (Fsp3) is 0.588. The van der Waals surface area contributed by atoms with Crippen LogP contribution in [-0.4, -0.2) is 38.6 Å². The lowest BCUT2D eigenvalue weighted by Gasteiger charge is -2.38. The average molecular weight is 307 g/mol. The number of fused-ring (bicyclic) bond motifs is 1. The van der Waals surface area contributed by atoms with Crippen molar-refractivity contribution < 1.29 is 9.18 Å². The number of carbonyl (C=O) groups excluding carboxylic acids is 1. The van der Waals surface area contributed by atoms with Gasteiger partial charge in [0.15, 0.2) is 0 Å². The molecule has 1 amide bonds. The van der Waals surface area contributed by atoms with E-state index in [1.807, 2.05) is 11.0 Å². The van der Waals surface area contributed by atoms with Crippen LogP contribution < -0.4 is 15.1 Å². The van der Waals surface area contributed by atoms with Crippen LogP contribution in [0, 0.1) is 11.7 Å². The molecule has 0 spiro atoms. The fourth-order valence-corrected chi connectivity index (χ4v) is 2.71. The molecule has 0 bridgehead atoms. The lowest BCUT2D eigenvalue weighted by Crippen LogP contribution is -2.46. The maximum Gasteiger partial charge on any atom is 0.239 e. The second-order valence-electron chi connectivity index (χ2n) is 6.24. The summed E-state index contributed by atoms with van der Waals surface area (Å²) in [6, 6.07) is 4.84. The summed E-state index contributed by atoms with van der Waals surface area (Å²) in [7, 11) is 0. The van der Waals surface area contributed by atoms with Crippen LogP contribution in [0.1, 0.15) is 27.2 Å². The van der Waals surface area contributed by atoms with E-state index in [0.717, 1.165) is 37.4 Å². The number of hydrogen-bond acceptors (Lipinski definition) is 3. The summed E-state index contributed by atoms with van der Waals surface area (Å²) in [6.45, 7) is 9.77. The number of benzene rings is 1. The quantitative estimate of drug-likeness (QED) is 0.877. The minimum atomic E-state index is -0.260. The van der Waals surface area contributed by atoms with Gasteiger partial charge in [0, 0.05) is 26.2 Å². The zero-order valence-corrected chi connectivity index (χ0v) is 13.7. The van der Waals surface area contributed by atoms with Gasteiger partial charge in [-0.25, -0.2) is 4.39 Å². The van der Waals surface area contributed by atoms with Crippen LogP contribution in [0.4, 0.5) is 15.8 Å². The summed E-state index contributed by atoms with van der Waals surface area (Å²) in [4.78, 5) is 16.3. The Balaban J connectivity index is 2.12. The molecule has 0 atom stereocenters. The third-order valence-corrected chi connectivity index (χ3v) is 3.79. The highest BCUT2D eigenvalue weighted by molar-refractivity contribution is 5.84. The van der Waals surface area contributed by atoms with E-state index in [1.165, 1.54) is 12.1 Å². The molecule has 2 rings (SSSR count). The predicted octanol–water partition coefficient (Wildman–Crippen LogP) is 2.63. The number of hydrogen-bond donors (Lipinski definition) is 1. The molecule has 0 saturated heterocycles. The summed E-state index contributed by atoms with van der Waals surface area (Å²) >= 11 is 0. The van der Waals surface area contributed by atoms with Gasteiger partial charge in [0.25, 0.3) is 0 Å². The van der Waals surface area contributed by atoms with Gasteiger partial charge in [-0.15, -0.1) is 0 Å². The van der Waals surface area contributed by atoms with Crippen molar-refractivity contribution in [1.82, 2.24) is 5.32 Å². The SMILES string of the molecule is CCCN1CCN(CC(=O)NCC(C)C)c2cc(F)ccc21. The normalized spacial score (nSPS) is 14.2. The molecule has 122 valence electrons. The summed E-state index contributed by atoms with van der Waals surface area (Å²) in [5, 5.41) is 2.92. The molecule has 1 aromatic rings. The van der Waals surface area contributed by atoms with Gasteiger partial charge in [-0.3, -0.25) is 4.79 Å². The Labute approximate surface area is 132 Å². The van der Waals surface area contributed by atoms with E-state index < -0.39 is 0 Å². The van der Waals surface area contributed by atoms with Gasteiger partial charge in [-0.05, 0) is 30.5 Å². The second kappa shape index (κ2) is 7.47. The van der Waals surface area contributed by atoms with Crippen molar-refractivity contribution >= 4 is 17.3 Å². The standard InChI is InChI=1S/C17H26FN3O/c1-4-7-20-8-9-21(12-17(22)19-11-13(2)3)16-10-14(18)5-6-15(16)20/h5-6,10,13H,4,7-9,11-12H2,1-3H3,(H,19,22). The van der Waals surface area contributed by atoms with Crippen LogP contribution in [0.15, 0.2) is 18.2 Å². The molecule has 0 aromatic heterocycles. The van der Waals surface area contributed by atoms with Gasteiger partial charge in [0.2, 0.25) is 5.91 Å². The molecule has 0 fully saturated rings. The van der Waals surface area contributed by atoms with E-state index in [9.17, 15) is 9.18 Å². The topological polar surface area (TPSA) is 35.6 Å². The van der Waals surface area contributed by atoms with Gasteiger partial charge in [0.05, 0.1) is 17.9 Å². The maximum atomic E-state index is 13.6. The highest BCUT2D eigenvalue weighted by atomic mass is 19.1. The Bertz CT molecular complexity index is 519. The summed E-state index contributed by atoms with van der Waals surface area (Å²) in [6.07, 6.45) is 1.05. The van der Waals surface area contributed by atoms with Crippen LogP contribution in [0.3, 0.4) is 0 Å². The zero-order valence-electron chi connectivity index (χ0n) is 13.7. The second-order valence-corrected chi connectivity index (χ2v) is 6.24. The third-order valence-electron chi connectivity index (χ3n) is 3.79. The number of halogens is 1. The molecular formula is C17H26FN3O. The predicted molar refractivity (Wildman–Crippen MR) is 89.0 cm³/mol. The van der Waals surface area contributed by atoms with E-state index in [0.29, 0.717) is 12.5 Å². The third kappa shape index (κ3) is 4.12. The molecule has 1 aliphatic rings. The molecule has 1 aliphatic heterocycles. The number of amides is 1. The first-order valence-corrected chi connectivity index (χ1v) is 8.07. The number of anilines is 2. The van der Waals surface area contributed by atoms with Gasteiger partial charge in [-0.2, -0.15) is 0 Å². The van der Waals surface area contributed by atoms with Crippen molar-refractivity contribution in [2.24, 2.45) is 5.92 Å². The van der Waals surface area contributed by atoms with Crippen molar-refractivity contribution in [2.45, 2.75) is 27.2 Å². The Morgan fingerprint density at radius 2 is 2.00 bits per heavy atom. The van der Waals surface area contributed by atoms with E-state index in [-0.39, 0.29) is 18.3 Å². The minimum absolute atomic E-state index is 0.00662. The first-order valence-electron chi connectivity index (χ1n) is 8.07. The van der Waals surface area contributed by atoms with Crippen LogP contribution in [0.5, 0.6) is 0 Å². The Kier molecular flexibility index (Phi) is 5.63. The number of nitrogens with one attached hydrogen (secondary N) is 1. The summed E-state index contributed by atoms with van der Waals surface area (Å²) in [5.41, 5.74) is 1.84. The fourth-order valence-electron chi connectivity index (χ4n) is 2.71. The van der Waals surface area contributed by atoms with Crippen molar-refractivity contribution in [3.05, 3.63) is 24.0 Å². The Hall–Kier alpha value is -1.78. The molecule has 5 heteroatoms. The van der Waals surface area contributed by atoms with Crippen LogP contribution in [0.25, 0.3) is 0 Å². The molecular weight excluding hydrogens is 281 g/mol. The number of carbonyl (C=O) groups is 1. The van der Waals surface area contributed by atoms with Gasteiger partial charge in [0.1, 0.15) is 5.82 Å².